The molecular weight excluding hydrogens is 232 g/mol. The van der Waals surface area contributed by atoms with Crippen molar-refractivity contribution in [1.82, 2.24) is 0 Å². The van der Waals surface area contributed by atoms with Gasteiger partial charge in [-0.3, -0.25) is 0 Å². The van der Waals surface area contributed by atoms with Crippen molar-refractivity contribution in [3.63, 3.8) is 0 Å². The van der Waals surface area contributed by atoms with Crippen LogP contribution in [0, 0.1) is 6.92 Å². The van der Waals surface area contributed by atoms with E-state index in [9.17, 15) is 5.11 Å². The van der Waals surface area contributed by atoms with E-state index in [2.05, 4.69) is 0 Å². The minimum Gasteiger partial charge on any atom is -0.506 e. The molecule has 0 spiro atoms. The summed E-state index contributed by atoms with van der Waals surface area (Å²) in [5, 5.41) is 10.2. The molecule has 3 N–H and O–H groups in total. The van der Waals surface area contributed by atoms with Gasteiger partial charge in [-0.05, 0) is 18.6 Å². The van der Waals surface area contributed by atoms with E-state index in [-0.39, 0.29) is 29.7 Å². The van der Waals surface area contributed by atoms with E-state index in [1.165, 1.54) is 0 Å². The molecule has 2 nitrogen and oxygen atoms in total. The lowest BCUT2D eigenvalue weighted by Gasteiger charge is -2.08. The summed E-state index contributed by atoms with van der Waals surface area (Å²) in [5.74, 6) is -0.0187. The molecule has 0 amide bonds. The van der Waals surface area contributed by atoms with Gasteiger partial charge >= 0.3 is 0 Å². The van der Waals surface area contributed by atoms with Crippen molar-refractivity contribution in [2.45, 2.75) is 13.5 Å². The average Bonchev–Trinajstić information content (AvgIpc) is 2.02. The van der Waals surface area contributed by atoms with Gasteiger partial charge in [-0.15, -0.1) is 12.4 Å². The van der Waals surface area contributed by atoms with Crippen LogP contribution < -0.4 is 5.73 Å². The Morgan fingerprint density at radius 2 is 2.00 bits per heavy atom. The molecule has 1 rings (SSSR count). The molecule has 0 radical (unpaired) electrons. The first-order valence-electron chi connectivity index (χ1n) is 3.44. The zero-order valence-electron chi connectivity index (χ0n) is 6.97. The van der Waals surface area contributed by atoms with Gasteiger partial charge < -0.3 is 10.8 Å². The Morgan fingerprint density at radius 3 is 2.46 bits per heavy atom. The molecule has 5 heteroatoms. The van der Waals surface area contributed by atoms with E-state index in [1.807, 2.05) is 6.92 Å². The van der Waals surface area contributed by atoms with Crippen molar-refractivity contribution in [2.24, 2.45) is 5.73 Å². The smallest absolute Gasteiger partial charge is 0.140 e. The highest BCUT2D eigenvalue weighted by Gasteiger charge is 2.11. The predicted molar refractivity (Wildman–Crippen MR) is 58.0 cm³/mol. The Hall–Kier alpha value is -0.150. The first kappa shape index (κ1) is 12.8. The van der Waals surface area contributed by atoms with Crippen LogP contribution in [-0.2, 0) is 6.54 Å². The van der Waals surface area contributed by atoms with Gasteiger partial charge in [0.05, 0.1) is 10.0 Å². The fraction of sp³-hybridized carbons (Fsp3) is 0.250. The summed E-state index contributed by atoms with van der Waals surface area (Å²) in [4.78, 5) is 0. The predicted octanol–water partition coefficient (Wildman–Crippen LogP) is 2.89. The number of rotatable bonds is 1. The maximum absolute atomic E-state index is 9.41. The van der Waals surface area contributed by atoms with Crippen molar-refractivity contribution in [1.29, 1.82) is 0 Å². The number of aromatic hydroxyl groups is 1. The Labute approximate surface area is 93.1 Å². The molecule has 0 aliphatic heterocycles. The Balaban J connectivity index is 0.00000144. The van der Waals surface area contributed by atoms with Gasteiger partial charge in [-0.25, -0.2) is 0 Å². The van der Waals surface area contributed by atoms with E-state index in [4.69, 9.17) is 28.9 Å². The fourth-order valence-corrected chi connectivity index (χ4v) is 1.49. The molecule has 0 unspecified atom stereocenters. The highest BCUT2D eigenvalue weighted by Crippen LogP contribution is 2.34. The van der Waals surface area contributed by atoms with Gasteiger partial charge in [0.15, 0.2) is 0 Å². The van der Waals surface area contributed by atoms with Crippen LogP contribution in [0.5, 0.6) is 5.75 Å². The second-order valence-electron chi connectivity index (χ2n) is 2.52. The second-order valence-corrected chi connectivity index (χ2v) is 3.31. The third kappa shape index (κ3) is 2.41. The number of benzene rings is 1. The van der Waals surface area contributed by atoms with Crippen LogP contribution in [0.3, 0.4) is 0 Å². The molecule has 0 fully saturated rings. The fourth-order valence-electron chi connectivity index (χ4n) is 0.994. The lowest BCUT2D eigenvalue weighted by atomic mass is 10.1. The lowest BCUT2D eigenvalue weighted by molar-refractivity contribution is 0.468. The van der Waals surface area contributed by atoms with E-state index in [0.717, 1.165) is 5.56 Å². The number of hydrogen-bond donors (Lipinski definition) is 2. The van der Waals surface area contributed by atoms with Crippen molar-refractivity contribution < 1.29 is 5.11 Å². The molecule has 13 heavy (non-hydrogen) atoms. The molecule has 0 aromatic heterocycles. The van der Waals surface area contributed by atoms with Crippen LogP contribution in [0.1, 0.15) is 11.1 Å². The quantitative estimate of drug-likeness (QED) is 0.795. The molecule has 0 aliphatic carbocycles. The zero-order chi connectivity index (χ0) is 9.30. The van der Waals surface area contributed by atoms with Crippen LogP contribution in [0.2, 0.25) is 10.0 Å². The van der Waals surface area contributed by atoms with E-state index in [0.29, 0.717) is 10.6 Å². The van der Waals surface area contributed by atoms with Crippen LogP contribution in [0.15, 0.2) is 6.07 Å². The summed E-state index contributed by atoms with van der Waals surface area (Å²) in [7, 11) is 0. The van der Waals surface area contributed by atoms with Crippen molar-refractivity contribution in [3.05, 3.63) is 27.2 Å². The number of hydrogen-bond acceptors (Lipinski definition) is 2. The molecule has 1 aromatic carbocycles. The molecular formula is C8H10Cl3NO. The third-order valence-electron chi connectivity index (χ3n) is 1.67. The summed E-state index contributed by atoms with van der Waals surface area (Å²) in [6, 6.07) is 1.61. The van der Waals surface area contributed by atoms with E-state index >= 15 is 0 Å². The summed E-state index contributed by atoms with van der Waals surface area (Å²) in [6.07, 6.45) is 0. The first-order valence-corrected chi connectivity index (χ1v) is 4.20. The zero-order valence-corrected chi connectivity index (χ0v) is 9.30. The monoisotopic (exact) mass is 241 g/mol. The topological polar surface area (TPSA) is 46.2 Å². The normalized spacial score (nSPS) is 9.54. The second kappa shape index (κ2) is 4.91. The summed E-state index contributed by atoms with van der Waals surface area (Å²) in [6.45, 7) is 2.00. The van der Waals surface area contributed by atoms with Crippen molar-refractivity contribution in [3.8, 4) is 5.75 Å². The Kier molecular flexibility index (Phi) is 4.86. The number of halogens is 3. The molecule has 74 valence electrons. The summed E-state index contributed by atoms with van der Waals surface area (Å²) < 4.78 is 0. The van der Waals surface area contributed by atoms with Gasteiger partial charge in [-0.2, -0.15) is 0 Å². The number of nitrogens with two attached hydrogens (primary N) is 1. The molecule has 0 aliphatic rings. The Morgan fingerprint density at radius 1 is 1.46 bits per heavy atom. The molecule has 0 bridgehead atoms. The van der Waals surface area contributed by atoms with Crippen molar-refractivity contribution >= 4 is 35.6 Å². The van der Waals surface area contributed by atoms with Gasteiger partial charge in [0.2, 0.25) is 0 Å². The average molecular weight is 243 g/mol. The molecule has 0 heterocycles. The highest BCUT2D eigenvalue weighted by atomic mass is 35.5. The third-order valence-corrected chi connectivity index (χ3v) is 2.48. The van der Waals surface area contributed by atoms with Crippen LogP contribution >= 0.6 is 35.6 Å². The van der Waals surface area contributed by atoms with E-state index < -0.39 is 0 Å². The number of phenolic OH excluding ortho intramolecular Hbond substituents is 1. The standard InChI is InChI=1S/C8H9Cl2NO.ClH/c1-4-2-6(9)8(12)5(3-11)7(4)10;/h2,12H,3,11H2,1H3;1H. The molecule has 1 aromatic rings. The van der Waals surface area contributed by atoms with Crippen LogP contribution in [0.25, 0.3) is 0 Å². The van der Waals surface area contributed by atoms with Gasteiger partial charge in [-0.1, -0.05) is 23.2 Å². The minimum absolute atomic E-state index is 0. The number of aryl methyl sites for hydroxylation is 1. The lowest BCUT2D eigenvalue weighted by Crippen LogP contribution is -1.99. The Bertz CT molecular complexity index is 288. The molecule has 0 saturated carbocycles. The van der Waals surface area contributed by atoms with Gasteiger partial charge in [0.1, 0.15) is 5.75 Å². The van der Waals surface area contributed by atoms with Crippen LogP contribution in [-0.4, -0.2) is 5.11 Å². The molecule has 0 atom stereocenters. The van der Waals surface area contributed by atoms with Gasteiger partial charge in [0.25, 0.3) is 0 Å². The number of phenols is 1. The highest BCUT2D eigenvalue weighted by molar-refractivity contribution is 6.35. The SMILES string of the molecule is Cc1cc(Cl)c(O)c(CN)c1Cl.Cl. The van der Waals surface area contributed by atoms with E-state index in [1.54, 1.807) is 6.07 Å². The summed E-state index contributed by atoms with van der Waals surface area (Å²) >= 11 is 11.6. The minimum atomic E-state index is -0.0187. The maximum Gasteiger partial charge on any atom is 0.140 e. The maximum atomic E-state index is 9.41. The summed E-state index contributed by atoms with van der Waals surface area (Å²) in [5.41, 5.74) is 6.71. The first-order chi connectivity index (χ1) is 5.57. The van der Waals surface area contributed by atoms with Gasteiger partial charge in [0, 0.05) is 12.1 Å². The van der Waals surface area contributed by atoms with Crippen LogP contribution in [0.4, 0.5) is 0 Å². The molecule has 0 saturated heterocycles. The van der Waals surface area contributed by atoms with Crippen molar-refractivity contribution in [2.75, 3.05) is 0 Å². The largest absolute Gasteiger partial charge is 0.506 e.